The van der Waals surface area contributed by atoms with Gasteiger partial charge in [-0.15, -0.1) is 11.3 Å². The Bertz CT molecular complexity index is 772. The van der Waals surface area contributed by atoms with Crippen molar-refractivity contribution in [1.29, 1.82) is 0 Å². The average molecular weight is 304 g/mol. The summed E-state index contributed by atoms with van der Waals surface area (Å²) in [6.07, 6.45) is 3.86. The van der Waals surface area contributed by atoms with Crippen molar-refractivity contribution in [3.63, 3.8) is 0 Å². The number of carbonyl (C=O) groups excluding carboxylic acids is 1. The Balaban J connectivity index is 2.06. The normalized spacial score (nSPS) is 11.1. The van der Waals surface area contributed by atoms with Gasteiger partial charge in [-0.25, -0.2) is 0 Å². The second-order valence-corrected chi connectivity index (χ2v) is 6.40. The summed E-state index contributed by atoms with van der Waals surface area (Å²) in [7, 11) is 0. The molecule has 0 saturated carbocycles. The van der Waals surface area contributed by atoms with E-state index in [0.717, 1.165) is 30.2 Å². The van der Waals surface area contributed by atoms with E-state index in [-0.39, 0.29) is 0 Å². The van der Waals surface area contributed by atoms with Crippen LogP contribution in [0.5, 0.6) is 0 Å². The summed E-state index contributed by atoms with van der Waals surface area (Å²) in [5.74, 6) is 0. The largest absolute Gasteiger partial charge is 0.341 e. The molecule has 0 N–H and O–H groups in total. The molecule has 2 nitrogen and oxygen atoms in total. The summed E-state index contributed by atoms with van der Waals surface area (Å²) in [6, 6.07) is 9.96. The van der Waals surface area contributed by atoms with Gasteiger partial charge in [-0.3, -0.25) is 4.79 Å². The minimum absolute atomic E-state index is 0.690. The zero-order valence-electron chi connectivity index (χ0n) is 11.1. The van der Waals surface area contributed by atoms with Crippen LogP contribution in [-0.4, -0.2) is 10.9 Å². The fourth-order valence-electron chi connectivity index (χ4n) is 2.38. The van der Waals surface area contributed by atoms with Crippen LogP contribution in [0.1, 0.15) is 27.0 Å². The molecule has 102 valence electrons. The number of rotatable bonds is 4. The van der Waals surface area contributed by atoms with Crippen molar-refractivity contribution >= 4 is 40.1 Å². The summed E-state index contributed by atoms with van der Waals surface area (Å²) in [5, 5.41) is 1.64. The third kappa shape index (κ3) is 2.39. The number of aldehydes is 1. The van der Waals surface area contributed by atoms with Crippen molar-refractivity contribution in [1.82, 2.24) is 4.57 Å². The molecule has 2 aromatic heterocycles. The van der Waals surface area contributed by atoms with Gasteiger partial charge in [-0.05, 0) is 30.7 Å². The van der Waals surface area contributed by atoms with Crippen molar-refractivity contribution in [2.24, 2.45) is 0 Å². The van der Waals surface area contributed by atoms with E-state index in [0.29, 0.717) is 10.6 Å². The van der Waals surface area contributed by atoms with E-state index in [1.807, 2.05) is 35.7 Å². The van der Waals surface area contributed by atoms with Gasteiger partial charge in [0.1, 0.15) is 0 Å². The SMILES string of the molecule is CCc1ccc(Cn2cc(C=O)c3ccc(Cl)cc32)s1. The number of hydrogen-bond acceptors (Lipinski definition) is 2. The zero-order valence-corrected chi connectivity index (χ0v) is 12.7. The van der Waals surface area contributed by atoms with E-state index >= 15 is 0 Å². The molecule has 0 unspecified atom stereocenters. The first kappa shape index (κ1) is 13.4. The molecule has 0 aliphatic heterocycles. The van der Waals surface area contributed by atoms with Crippen LogP contribution in [0.2, 0.25) is 5.02 Å². The van der Waals surface area contributed by atoms with Crippen LogP contribution in [0.25, 0.3) is 10.9 Å². The zero-order chi connectivity index (χ0) is 14.1. The molecule has 0 amide bonds. The predicted molar refractivity (Wildman–Crippen MR) is 85.1 cm³/mol. The number of fused-ring (bicyclic) bond motifs is 1. The first-order valence-corrected chi connectivity index (χ1v) is 7.72. The summed E-state index contributed by atoms with van der Waals surface area (Å²) >= 11 is 7.89. The molecular weight excluding hydrogens is 290 g/mol. The molecule has 0 radical (unpaired) electrons. The molecular formula is C16H14ClNOS. The molecule has 0 saturated heterocycles. The lowest BCUT2D eigenvalue weighted by molar-refractivity contribution is 0.112. The molecule has 0 spiro atoms. The van der Waals surface area contributed by atoms with Gasteiger partial charge in [0.25, 0.3) is 0 Å². The maximum absolute atomic E-state index is 11.2. The van der Waals surface area contributed by atoms with Gasteiger partial charge in [-0.1, -0.05) is 24.6 Å². The molecule has 4 heteroatoms. The van der Waals surface area contributed by atoms with E-state index in [2.05, 4.69) is 23.6 Å². The van der Waals surface area contributed by atoms with Gasteiger partial charge in [0, 0.05) is 31.9 Å². The highest BCUT2D eigenvalue weighted by Crippen LogP contribution is 2.26. The molecule has 1 aromatic carbocycles. The van der Waals surface area contributed by atoms with E-state index in [9.17, 15) is 4.79 Å². The maximum atomic E-state index is 11.2. The molecule has 0 fully saturated rings. The second-order valence-electron chi connectivity index (χ2n) is 4.71. The van der Waals surface area contributed by atoms with Gasteiger partial charge in [-0.2, -0.15) is 0 Å². The minimum atomic E-state index is 0.690. The lowest BCUT2D eigenvalue weighted by atomic mass is 10.2. The Labute approximate surface area is 126 Å². The van der Waals surface area contributed by atoms with Crippen molar-refractivity contribution in [2.45, 2.75) is 19.9 Å². The summed E-state index contributed by atoms with van der Waals surface area (Å²) < 4.78 is 2.09. The van der Waals surface area contributed by atoms with Gasteiger partial charge < -0.3 is 4.57 Å². The predicted octanol–water partition coefficient (Wildman–Crippen LogP) is 4.78. The quantitative estimate of drug-likeness (QED) is 0.636. The fourth-order valence-corrected chi connectivity index (χ4v) is 3.51. The van der Waals surface area contributed by atoms with Gasteiger partial charge >= 0.3 is 0 Å². The third-order valence-corrected chi connectivity index (χ3v) is 4.84. The highest BCUT2D eigenvalue weighted by molar-refractivity contribution is 7.11. The monoisotopic (exact) mass is 303 g/mol. The molecule has 0 atom stereocenters. The van der Waals surface area contributed by atoms with Gasteiger partial charge in [0.15, 0.2) is 6.29 Å². The standard InChI is InChI=1S/C16H14ClNOS/c1-2-13-4-5-14(20-13)9-18-8-11(10-19)15-6-3-12(17)7-16(15)18/h3-8,10H,2,9H2,1H3. The lowest BCUT2D eigenvalue weighted by Crippen LogP contribution is -1.95. The Morgan fingerprint density at radius 2 is 2.05 bits per heavy atom. The minimum Gasteiger partial charge on any atom is -0.341 e. The Kier molecular flexibility index (Phi) is 3.64. The number of hydrogen-bond donors (Lipinski definition) is 0. The lowest BCUT2D eigenvalue weighted by Gasteiger charge is -2.03. The Morgan fingerprint density at radius 1 is 1.25 bits per heavy atom. The Morgan fingerprint density at radius 3 is 2.75 bits per heavy atom. The molecule has 3 aromatic rings. The second kappa shape index (κ2) is 5.43. The molecule has 0 aliphatic carbocycles. The van der Waals surface area contributed by atoms with Gasteiger partial charge in [0.2, 0.25) is 0 Å². The topological polar surface area (TPSA) is 22.0 Å². The van der Waals surface area contributed by atoms with Crippen molar-refractivity contribution in [3.8, 4) is 0 Å². The third-order valence-electron chi connectivity index (χ3n) is 3.39. The summed E-state index contributed by atoms with van der Waals surface area (Å²) in [5.41, 5.74) is 1.72. The molecule has 3 rings (SSSR count). The van der Waals surface area contributed by atoms with Crippen molar-refractivity contribution < 1.29 is 4.79 Å². The molecule has 0 bridgehead atoms. The van der Waals surface area contributed by atoms with Crippen molar-refractivity contribution in [2.75, 3.05) is 0 Å². The van der Waals surface area contributed by atoms with E-state index in [4.69, 9.17) is 11.6 Å². The van der Waals surface area contributed by atoms with Crippen LogP contribution in [0.3, 0.4) is 0 Å². The van der Waals surface area contributed by atoms with Crippen LogP contribution in [0.4, 0.5) is 0 Å². The summed E-state index contributed by atoms with van der Waals surface area (Å²) in [4.78, 5) is 13.8. The summed E-state index contributed by atoms with van der Waals surface area (Å²) in [6.45, 7) is 2.93. The number of benzene rings is 1. The number of carbonyl (C=O) groups is 1. The van der Waals surface area contributed by atoms with Crippen LogP contribution in [0, 0.1) is 0 Å². The van der Waals surface area contributed by atoms with Crippen LogP contribution in [0.15, 0.2) is 36.5 Å². The number of nitrogens with zero attached hydrogens (tertiary/aromatic N) is 1. The highest BCUT2D eigenvalue weighted by atomic mass is 35.5. The number of thiophene rings is 1. The molecule has 0 aliphatic rings. The number of aryl methyl sites for hydroxylation is 1. The fraction of sp³-hybridized carbons (Fsp3) is 0.188. The molecule has 2 heterocycles. The first-order chi connectivity index (χ1) is 9.71. The molecule has 20 heavy (non-hydrogen) atoms. The van der Waals surface area contributed by atoms with Crippen LogP contribution < -0.4 is 0 Å². The van der Waals surface area contributed by atoms with Crippen LogP contribution in [-0.2, 0) is 13.0 Å². The van der Waals surface area contributed by atoms with E-state index in [1.165, 1.54) is 9.75 Å². The van der Waals surface area contributed by atoms with Crippen LogP contribution >= 0.6 is 22.9 Å². The van der Waals surface area contributed by atoms with Gasteiger partial charge in [0.05, 0.1) is 12.1 Å². The van der Waals surface area contributed by atoms with Crippen molar-refractivity contribution in [3.05, 3.63) is 56.9 Å². The Hall–Kier alpha value is -1.58. The smallest absolute Gasteiger partial charge is 0.152 e. The van der Waals surface area contributed by atoms with E-state index < -0.39 is 0 Å². The number of halogens is 1. The first-order valence-electron chi connectivity index (χ1n) is 6.52. The highest BCUT2D eigenvalue weighted by Gasteiger charge is 2.09. The number of aromatic nitrogens is 1. The average Bonchev–Trinajstić information content (AvgIpc) is 3.04. The van der Waals surface area contributed by atoms with E-state index in [1.54, 1.807) is 0 Å². The maximum Gasteiger partial charge on any atom is 0.152 e.